The molecule has 0 amide bonds. The Morgan fingerprint density at radius 2 is 2.31 bits per heavy atom. The highest BCUT2D eigenvalue weighted by Gasteiger charge is 2.15. The van der Waals surface area contributed by atoms with Crippen LogP contribution in [0.5, 0.6) is 0 Å². The first-order valence-corrected chi connectivity index (χ1v) is 4.90. The maximum atomic E-state index is 10.8. The Labute approximate surface area is 81.8 Å². The molecule has 0 aliphatic carbocycles. The Morgan fingerprint density at radius 3 is 2.69 bits per heavy atom. The first-order chi connectivity index (χ1) is 6.11. The molecule has 0 spiro atoms. The first kappa shape index (κ1) is 9.99. The third kappa shape index (κ3) is 2.70. The van der Waals surface area contributed by atoms with Gasteiger partial charge in [-0.1, -0.05) is 6.58 Å². The molecule has 1 aromatic rings. The molecule has 1 rings (SSSR count). The number of carbonyl (C=O) groups is 1. The number of esters is 1. The average Bonchev–Trinajstić information content (AvgIpc) is 2.50. The van der Waals surface area contributed by atoms with Crippen molar-refractivity contribution in [2.75, 3.05) is 0 Å². The third-order valence-electron chi connectivity index (χ3n) is 1.58. The zero-order chi connectivity index (χ0) is 9.84. The standard InChI is InChI=1S/C10H12O2S/c1-7(2)10(12-8(3)11)9-4-5-13-6-9/h4-6,10H,1H2,2-3H3. The molecular weight excluding hydrogens is 184 g/mol. The number of ether oxygens (including phenoxy) is 1. The number of thiophene rings is 1. The average molecular weight is 196 g/mol. The van der Waals surface area contributed by atoms with E-state index in [1.54, 1.807) is 11.3 Å². The predicted molar refractivity (Wildman–Crippen MR) is 53.6 cm³/mol. The fourth-order valence-electron chi connectivity index (χ4n) is 1.04. The van der Waals surface area contributed by atoms with E-state index in [2.05, 4.69) is 6.58 Å². The van der Waals surface area contributed by atoms with Gasteiger partial charge in [0, 0.05) is 12.5 Å². The third-order valence-corrected chi connectivity index (χ3v) is 2.28. The molecule has 1 aromatic heterocycles. The van der Waals surface area contributed by atoms with Gasteiger partial charge in [-0.25, -0.2) is 0 Å². The molecule has 0 N–H and O–H groups in total. The van der Waals surface area contributed by atoms with Gasteiger partial charge < -0.3 is 4.74 Å². The minimum absolute atomic E-state index is 0.279. The van der Waals surface area contributed by atoms with Gasteiger partial charge in [0.2, 0.25) is 0 Å². The van der Waals surface area contributed by atoms with E-state index in [0.29, 0.717) is 0 Å². The second-order valence-electron chi connectivity index (χ2n) is 2.89. The maximum Gasteiger partial charge on any atom is 0.303 e. The van der Waals surface area contributed by atoms with Crippen molar-refractivity contribution >= 4 is 17.3 Å². The summed E-state index contributed by atoms with van der Waals surface area (Å²) in [4.78, 5) is 10.8. The molecule has 70 valence electrons. The number of hydrogen-bond acceptors (Lipinski definition) is 3. The molecule has 0 bridgehead atoms. The van der Waals surface area contributed by atoms with Crippen LogP contribution in [0.2, 0.25) is 0 Å². The summed E-state index contributed by atoms with van der Waals surface area (Å²) < 4.78 is 5.12. The molecule has 0 saturated carbocycles. The van der Waals surface area contributed by atoms with Crippen molar-refractivity contribution in [1.29, 1.82) is 0 Å². The lowest BCUT2D eigenvalue weighted by Gasteiger charge is -2.15. The second-order valence-corrected chi connectivity index (χ2v) is 3.67. The number of carbonyl (C=O) groups excluding carboxylic acids is 1. The summed E-state index contributed by atoms with van der Waals surface area (Å²) in [5.41, 5.74) is 1.83. The van der Waals surface area contributed by atoms with Crippen LogP contribution in [-0.2, 0) is 9.53 Å². The van der Waals surface area contributed by atoms with Gasteiger partial charge in [0.15, 0.2) is 0 Å². The van der Waals surface area contributed by atoms with E-state index < -0.39 is 0 Å². The number of hydrogen-bond donors (Lipinski definition) is 0. The molecule has 2 nitrogen and oxygen atoms in total. The molecule has 0 aliphatic rings. The van der Waals surface area contributed by atoms with E-state index in [4.69, 9.17) is 4.74 Å². The summed E-state index contributed by atoms with van der Waals surface area (Å²) in [5, 5.41) is 3.91. The van der Waals surface area contributed by atoms with Crippen LogP contribution in [0.1, 0.15) is 25.5 Å². The van der Waals surface area contributed by atoms with Crippen LogP contribution < -0.4 is 0 Å². The Hall–Kier alpha value is -1.09. The fourth-order valence-corrected chi connectivity index (χ4v) is 1.72. The van der Waals surface area contributed by atoms with Crippen LogP contribution in [0.15, 0.2) is 29.0 Å². The van der Waals surface area contributed by atoms with Crippen LogP contribution in [0.25, 0.3) is 0 Å². The lowest BCUT2D eigenvalue weighted by Crippen LogP contribution is -2.08. The molecule has 0 aromatic carbocycles. The molecular formula is C10H12O2S. The topological polar surface area (TPSA) is 26.3 Å². The smallest absolute Gasteiger partial charge is 0.303 e. The predicted octanol–water partition coefficient (Wildman–Crippen LogP) is 2.93. The molecule has 0 fully saturated rings. The van der Waals surface area contributed by atoms with Gasteiger partial charge in [0.1, 0.15) is 6.10 Å². The first-order valence-electron chi connectivity index (χ1n) is 3.96. The van der Waals surface area contributed by atoms with Crippen LogP contribution in [0.4, 0.5) is 0 Å². The molecule has 1 unspecified atom stereocenters. The van der Waals surface area contributed by atoms with E-state index in [9.17, 15) is 4.79 Å². The van der Waals surface area contributed by atoms with Crippen molar-refractivity contribution in [3.8, 4) is 0 Å². The van der Waals surface area contributed by atoms with Gasteiger partial charge in [0.25, 0.3) is 0 Å². The minimum atomic E-state index is -0.288. The quantitative estimate of drug-likeness (QED) is 0.549. The maximum absolute atomic E-state index is 10.8. The minimum Gasteiger partial charge on any atom is -0.453 e. The van der Waals surface area contributed by atoms with E-state index in [0.717, 1.165) is 11.1 Å². The fraction of sp³-hybridized carbons (Fsp3) is 0.300. The lowest BCUT2D eigenvalue weighted by molar-refractivity contribution is -0.144. The van der Waals surface area contributed by atoms with Crippen molar-refractivity contribution in [2.45, 2.75) is 20.0 Å². The van der Waals surface area contributed by atoms with Crippen LogP contribution in [0, 0.1) is 0 Å². The second kappa shape index (κ2) is 4.23. The Balaban J connectivity index is 2.81. The van der Waals surface area contributed by atoms with Crippen molar-refractivity contribution < 1.29 is 9.53 Å². The summed E-state index contributed by atoms with van der Waals surface area (Å²) in [5.74, 6) is -0.279. The Morgan fingerprint density at radius 1 is 1.62 bits per heavy atom. The zero-order valence-electron chi connectivity index (χ0n) is 7.74. The van der Waals surface area contributed by atoms with Gasteiger partial charge in [0.05, 0.1) is 0 Å². The molecule has 0 aliphatic heterocycles. The van der Waals surface area contributed by atoms with Gasteiger partial charge in [-0.15, -0.1) is 0 Å². The lowest BCUT2D eigenvalue weighted by atomic mass is 10.1. The van der Waals surface area contributed by atoms with Gasteiger partial charge in [-0.05, 0) is 29.3 Å². The highest BCUT2D eigenvalue weighted by atomic mass is 32.1. The molecule has 3 heteroatoms. The summed E-state index contributed by atoms with van der Waals surface area (Å²) >= 11 is 1.58. The Bertz CT molecular complexity index is 301. The molecule has 1 atom stereocenters. The van der Waals surface area contributed by atoms with E-state index in [1.165, 1.54) is 6.92 Å². The van der Waals surface area contributed by atoms with E-state index in [1.807, 2.05) is 23.8 Å². The summed E-state index contributed by atoms with van der Waals surface area (Å²) in [6, 6.07) is 1.94. The van der Waals surface area contributed by atoms with Crippen LogP contribution in [0.3, 0.4) is 0 Å². The normalized spacial score (nSPS) is 12.2. The highest BCUT2D eigenvalue weighted by molar-refractivity contribution is 7.07. The molecule has 0 saturated heterocycles. The monoisotopic (exact) mass is 196 g/mol. The van der Waals surface area contributed by atoms with Crippen LogP contribution in [-0.4, -0.2) is 5.97 Å². The van der Waals surface area contributed by atoms with Gasteiger partial charge in [-0.2, -0.15) is 11.3 Å². The van der Waals surface area contributed by atoms with Crippen LogP contribution >= 0.6 is 11.3 Å². The largest absolute Gasteiger partial charge is 0.453 e. The van der Waals surface area contributed by atoms with Crippen molar-refractivity contribution in [3.63, 3.8) is 0 Å². The number of rotatable bonds is 3. The van der Waals surface area contributed by atoms with Crippen molar-refractivity contribution in [2.24, 2.45) is 0 Å². The van der Waals surface area contributed by atoms with E-state index >= 15 is 0 Å². The van der Waals surface area contributed by atoms with E-state index in [-0.39, 0.29) is 12.1 Å². The molecule has 13 heavy (non-hydrogen) atoms. The van der Waals surface area contributed by atoms with Crippen molar-refractivity contribution in [3.05, 3.63) is 34.5 Å². The summed E-state index contributed by atoms with van der Waals surface area (Å²) in [7, 11) is 0. The summed E-state index contributed by atoms with van der Waals surface area (Å²) in [6.45, 7) is 7.05. The van der Waals surface area contributed by atoms with Gasteiger partial charge in [-0.3, -0.25) is 4.79 Å². The summed E-state index contributed by atoms with van der Waals surface area (Å²) in [6.07, 6.45) is -0.288. The molecule has 1 heterocycles. The molecule has 0 radical (unpaired) electrons. The Kier molecular flexibility index (Phi) is 3.25. The SMILES string of the molecule is C=C(C)C(OC(C)=O)c1ccsc1. The highest BCUT2D eigenvalue weighted by Crippen LogP contribution is 2.26. The van der Waals surface area contributed by atoms with Crippen molar-refractivity contribution in [1.82, 2.24) is 0 Å². The van der Waals surface area contributed by atoms with Gasteiger partial charge >= 0.3 is 5.97 Å². The zero-order valence-corrected chi connectivity index (χ0v) is 8.56.